The van der Waals surface area contributed by atoms with E-state index >= 15 is 0 Å². The van der Waals surface area contributed by atoms with E-state index in [1.807, 2.05) is 0 Å². The number of urea groups is 1. The molecule has 29 heavy (non-hydrogen) atoms. The average molecular weight is 435 g/mol. The summed E-state index contributed by atoms with van der Waals surface area (Å²) in [5, 5.41) is 5.42. The molecule has 0 unspecified atom stereocenters. The maximum atomic E-state index is 13.3. The first-order chi connectivity index (χ1) is 13.8. The lowest BCUT2D eigenvalue weighted by Gasteiger charge is -2.18. The van der Waals surface area contributed by atoms with Crippen molar-refractivity contribution >= 4 is 45.3 Å². The fourth-order valence-corrected chi connectivity index (χ4v) is 5.76. The minimum absolute atomic E-state index is 0.0826. The van der Waals surface area contributed by atoms with Crippen molar-refractivity contribution in [2.45, 2.75) is 57.0 Å². The Balaban J connectivity index is 1.96. The van der Waals surface area contributed by atoms with Crippen LogP contribution >= 0.6 is 23.1 Å². The SMILES string of the molecule is C=CCn1c(S[C@H](C)C(=O)NC(=O)NCC)nc2sc3c(c2c1=O)CC[C@H](C)C3. The number of hydrogen-bond donors (Lipinski definition) is 2. The molecule has 156 valence electrons. The van der Waals surface area contributed by atoms with Gasteiger partial charge in [-0.1, -0.05) is 24.8 Å². The van der Waals surface area contributed by atoms with Crippen molar-refractivity contribution in [3.05, 3.63) is 33.4 Å². The molecule has 0 fully saturated rings. The van der Waals surface area contributed by atoms with Crippen molar-refractivity contribution < 1.29 is 9.59 Å². The minimum Gasteiger partial charge on any atom is -0.338 e. The van der Waals surface area contributed by atoms with Crippen molar-refractivity contribution in [1.29, 1.82) is 0 Å². The van der Waals surface area contributed by atoms with Crippen LogP contribution in [0.3, 0.4) is 0 Å². The summed E-state index contributed by atoms with van der Waals surface area (Å²) < 4.78 is 1.57. The standard InChI is InChI=1S/C20H26N4O3S2/c1-5-9-24-18(26)15-13-8-7-11(3)10-14(13)29-17(15)23-20(24)28-12(4)16(25)22-19(27)21-6-2/h5,11-12H,1,6-10H2,2-4H3,(H2,21,22,25,27)/t11-,12+/m0/s1. The number of rotatable bonds is 6. The van der Waals surface area contributed by atoms with E-state index in [2.05, 4.69) is 24.1 Å². The van der Waals surface area contributed by atoms with E-state index in [0.29, 0.717) is 29.6 Å². The van der Waals surface area contributed by atoms with E-state index in [9.17, 15) is 14.4 Å². The largest absolute Gasteiger partial charge is 0.338 e. The molecule has 0 saturated carbocycles. The van der Waals surface area contributed by atoms with Crippen LogP contribution in [0.15, 0.2) is 22.6 Å². The molecule has 1 aliphatic rings. The van der Waals surface area contributed by atoms with Gasteiger partial charge in [0.2, 0.25) is 5.91 Å². The van der Waals surface area contributed by atoms with Crippen molar-refractivity contribution in [2.75, 3.05) is 6.54 Å². The quantitative estimate of drug-likeness (QED) is 0.414. The molecule has 0 spiro atoms. The molecule has 2 atom stereocenters. The maximum absolute atomic E-state index is 13.3. The molecule has 3 amide bonds. The van der Waals surface area contributed by atoms with Crippen LogP contribution in [0.2, 0.25) is 0 Å². The lowest BCUT2D eigenvalue weighted by atomic mass is 9.89. The smallest absolute Gasteiger partial charge is 0.321 e. The Hall–Kier alpha value is -2.13. The van der Waals surface area contributed by atoms with Gasteiger partial charge in [0.25, 0.3) is 5.56 Å². The fraction of sp³-hybridized carbons (Fsp3) is 0.500. The van der Waals surface area contributed by atoms with Gasteiger partial charge in [-0.3, -0.25) is 19.5 Å². The number of hydrogen-bond acceptors (Lipinski definition) is 6. The molecular formula is C20H26N4O3S2. The van der Waals surface area contributed by atoms with Gasteiger partial charge in [-0.05, 0) is 44.6 Å². The van der Waals surface area contributed by atoms with E-state index in [1.165, 1.54) is 16.6 Å². The van der Waals surface area contributed by atoms with Crippen LogP contribution in [-0.4, -0.2) is 33.3 Å². The second-order valence-electron chi connectivity index (χ2n) is 7.24. The van der Waals surface area contributed by atoms with E-state index in [1.54, 1.807) is 35.8 Å². The van der Waals surface area contributed by atoms with E-state index in [4.69, 9.17) is 4.98 Å². The Labute approximate surface area is 178 Å². The summed E-state index contributed by atoms with van der Waals surface area (Å²) in [6.45, 7) is 10.2. The number of carbonyl (C=O) groups excluding carboxylic acids is 2. The number of allylic oxidation sites excluding steroid dienone is 1. The Morgan fingerprint density at radius 2 is 2.24 bits per heavy atom. The highest BCUT2D eigenvalue weighted by atomic mass is 32.2. The average Bonchev–Trinajstić information content (AvgIpc) is 3.02. The van der Waals surface area contributed by atoms with Gasteiger partial charge in [0.05, 0.1) is 10.6 Å². The van der Waals surface area contributed by atoms with Gasteiger partial charge in [0, 0.05) is 18.0 Å². The number of imide groups is 1. The summed E-state index contributed by atoms with van der Waals surface area (Å²) in [5.74, 6) is 0.178. The lowest BCUT2D eigenvalue weighted by Crippen LogP contribution is -2.42. The molecule has 2 aromatic heterocycles. The molecule has 9 heteroatoms. The number of aryl methyl sites for hydroxylation is 1. The van der Waals surface area contributed by atoms with Crippen LogP contribution in [0.25, 0.3) is 10.2 Å². The summed E-state index contributed by atoms with van der Waals surface area (Å²) in [6.07, 6.45) is 4.61. The van der Waals surface area contributed by atoms with Crippen LogP contribution in [0.5, 0.6) is 0 Å². The molecule has 0 radical (unpaired) electrons. The zero-order valence-electron chi connectivity index (χ0n) is 16.9. The Morgan fingerprint density at radius 3 is 2.93 bits per heavy atom. The maximum Gasteiger partial charge on any atom is 0.321 e. The number of thiophene rings is 1. The molecular weight excluding hydrogens is 408 g/mol. The monoisotopic (exact) mass is 434 g/mol. The van der Waals surface area contributed by atoms with Gasteiger partial charge in [0.15, 0.2) is 5.16 Å². The molecule has 2 heterocycles. The topological polar surface area (TPSA) is 93.1 Å². The summed E-state index contributed by atoms with van der Waals surface area (Å²) in [4.78, 5) is 43.9. The van der Waals surface area contributed by atoms with Crippen LogP contribution in [0, 0.1) is 5.92 Å². The van der Waals surface area contributed by atoms with Gasteiger partial charge in [0.1, 0.15) is 4.83 Å². The molecule has 1 aliphatic carbocycles. The van der Waals surface area contributed by atoms with Crippen LogP contribution in [0.1, 0.15) is 37.6 Å². The molecule has 3 rings (SSSR count). The summed E-state index contributed by atoms with van der Waals surface area (Å²) in [5.41, 5.74) is 1.05. The summed E-state index contributed by atoms with van der Waals surface area (Å²) in [6, 6.07) is -0.531. The second kappa shape index (κ2) is 9.13. The number of nitrogens with zero attached hydrogens (tertiary/aromatic N) is 2. The third kappa shape index (κ3) is 4.56. The second-order valence-corrected chi connectivity index (χ2v) is 9.63. The van der Waals surface area contributed by atoms with Gasteiger partial charge < -0.3 is 5.32 Å². The molecule has 0 bridgehead atoms. The lowest BCUT2D eigenvalue weighted by molar-refractivity contribution is -0.119. The van der Waals surface area contributed by atoms with Crippen LogP contribution < -0.4 is 16.2 Å². The van der Waals surface area contributed by atoms with Gasteiger partial charge in [-0.2, -0.15) is 0 Å². The predicted molar refractivity (Wildman–Crippen MR) is 118 cm³/mol. The predicted octanol–water partition coefficient (Wildman–Crippen LogP) is 3.10. The molecule has 0 aromatic carbocycles. The molecule has 7 nitrogen and oxygen atoms in total. The van der Waals surface area contributed by atoms with Crippen molar-refractivity contribution in [2.24, 2.45) is 5.92 Å². The Morgan fingerprint density at radius 1 is 1.48 bits per heavy atom. The molecule has 2 aromatic rings. The minimum atomic E-state index is -0.590. The van der Waals surface area contributed by atoms with Crippen LogP contribution in [0.4, 0.5) is 4.79 Å². The fourth-order valence-electron chi connectivity index (χ4n) is 3.41. The van der Waals surface area contributed by atoms with Gasteiger partial charge in [-0.25, -0.2) is 9.78 Å². The number of carbonyl (C=O) groups is 2. The Kier molecular flexibility index (Phi) is 6.79. The molecule has 2 N–H and O–H groups in total. The normalized spacial score (nSPS) is 16.9. The van der Waals surface area contributed by atoms with Crippen molar-refractivity contribution in [3.63, 3.8) is 0 Å². The zero-order valence-corrected chi connectivity index (χ0v) is 18.5. The third-order valence-corrected chi connectivity index (χ3v) is 7.16. The number of fused-ring (bicyclic) bond motifs is 3. The first-order valence-corrected chi connectivity index (χ1v) is 11.5. The van der Waals surface area contributed by atoms with Gasteiger partial charge in [-0.15, -0.1) is 17.9 Å². The van der Waals surface area contributed by atoms with Gasteiger partial charge >= 0.3 is 6.03 Å². The third-order valence-electron chi connectivity index (χ3n) is 4.92. The summed E-state index contributed by atoms with van der Waals surface area (Å²) in [7, 11) is 0. The summed E-state index contributed by atoms with van der Waals surface area (Å²) >= 11 is 2.76. The van der Waals surface area contributed by atoms with E-state index in [0.717, 1.165) is 29.7 Å². The molecule has 0 saturated heterocycles. The molecule has 0 aliphatic heterocycles. The Bertz CT molecular complexity index is 1010. The highest BCUT2D eigenvalue weighted by molar-refractivity contribution is 8.00. The number of nitrogens with one attached hydrogen (secondary N) is 2. The van der Waals surface area contributed by atoms with E-state index < -0.39 is 17.2 Å². The zero-order chi connectivity index (χ0) is 21.1. The van der Waals surface area contributed by atoms with E-state index in [-0.39, 0.29) is 5.56 Å². The highest BCUT2D eigenvalue weighted by Crippen LogP contribution is 2.36. The van der Waals surface area contributed by atoms with Crippen molar-refractivity contribution in [3.8, 4) is 0 Å². The number of amides is 3. The highest BCUT2D eigenvalue weighted by Gasteiger charge is 2.26. The number of thioether (sulfide) groups is 1. The first kappa shape index (κ1) is 21.6. The van der Waals surface area contributed by atoms with Crippen molar-refractivity contribution in [1.82, 2.24) is 20.2 Å². The first-order valence-electron chi connectivity index (χ1n) is 9.77. The number of aromatic nitrogens is 2. The van der Waals surface area contributed by atoms with Crippen LogP contribution in [-0.2, 0) is 24.2 Å².